The molecule has 1 aliphatic heterocycles. The second-order valence-electron chi connectivity index (χ2n) is 9.14. The number of rotatable bonds is 6. The molecule has 1 saturated heterocycles. The van der Waals surface area contributed by atoms with E-state index in [-0.39, 0.29) is 29.5 Å². The van der Waals surface area contributed by atoms with Gasteiger partial charge in [0.1, 0.15) is 10.5 Å². The number of ether oxygens (including phenoxy) is 1. The molecule has 2 aliphatic rings. The van der Waals surface area contributed by atoms with Crippen LogP contribution in [0, 0.1) is 19.8 Å². The van der Waals surface area contributed by atoms with Crippen LogP contribution in [0.4, 0.5) is 5.69 Å². The molecule has 1 aromatic carbocycles. The van der Waals surface area contributed by atoms with E-state index in [9.17, 15) is 18.0 Å². The molecule has 9 heteroatoms. The first-order chi connectivity index (χ1) is 16.2. The number of aromatic amines is 1. The zero-order chi connectivity index (χ0) is 24.5. The molecule has 2 heterocycles. The molecule has 0 spiro atoms. The summed E-state index contributed by atoms with van der Waals surface area (Å²) in [4.78, 5) is 28.6. The summed E-state index contributed by atoms with van der Waals surface area (Å²) in [5, 5.41) is 3.07. The molecule has 1 aliphatic carbocycles. The SMILES string of the molecule is CCOC(=O)c1c(C)[nH]c(C)c1S(=O)(=O)N1CCC[C@H](C(=O)Nc2cccc3c2CCCC3)C1. The van der Waals surface area contributed by atoms with Crippen LogP contribution < -0.4 is 5.32 Å². The van der Waals surface area contributed by atoms with Gasteiger partial charge in [-0.15, -0.1) is 0 Å². The van der Waals surface area contributed by atoms with E-state index in [0.717, 1.165) is 31.4 Å². The van der Waals surface area contributed by atoms with Gasteiger partial charge in [0.15, 0.2) is 0 Å². The minimum Gasteiger partial charge on any atom is -0.462 e. The molecule has 0 unspecified atom stereocenters. The Morgan fingerprint density at radius 3 is 2.68 bits per heavy atom. The van der Waals surface area contributed by atoms with Gasteiger partial charge in [-0.05, 0) is 76.5 Å². The normalized spacial score (nSPS) is 18.9. The summed E-state index contributed by atoms with van der Waals surface area (Å²) in [6.07, 6.45) is 5.41. The number of carbonyl (C=O) groups excluding carboxylic acids is 2. The van der Waals surface area contributed by atoms with Crippen molar-refractivity contribution in [2.24, 2.45) is 5.92 Å². The minimum atomic E-state index is -4.00. The van der Waals surface area contributed by atoms with Crippen molar-refractivity contribution in [3.8, 4) is 0 Å². The van der Waals surface area contributed by atoms with E-state index in [1.54, 1.807) is 20.8 Å². The van der Waals surface area contributed by atoms with Crippen LogP contribution in [0.15, 0.2) is 23.1 Å². The minimum absolute atomic E-state index is 0.0434. The number of nitrogens with one attached hydrogen (secondary N) is 2. The second kappa shape index (κ2) is 9.92. The van der Waals surface area contributed by atoms with E-state index in [0.29, 0.717) is 30.8 Å². The van der Waals surface area contributed by atoms with Crippen LogP contribution >= 0.6 is 0 Å². The Hall–Kier alpha value is -2.65. The van der Waals surface area contributed by atoms with Crippen LogP contribution in [0.25, 0.3) is 0 Å². The van der Waals surface area contributed by atoms with Crippen LogP contribution in [-0.2, 0) is 32.4 Å². The predicted octanol–water partition coefficient (Wildman–Crippen LogP) is 3.73. The van der Waals surface area contributed by atoms with Crippen LogP contribution in [0.5, 0.6) is 0 Å². The molecule has 34 heavy (non-hydrogen) atoms. The lowest BCUT2D eigenvalue weighted by atomic mass is 9.90. The first-order valence-electron chi connectivity index (χ1n) is 12.0. The molecule has 8 nitrogen and oxygen atoms in total. The van der Waals surface area contributed by atoms with Crippen LogP contribution in [0.2, 0.25) is 0 Å². The fraction of sp³-hybridized carbons (Fsp3) is 0.520. The van der Waals surface area contributed by atoms with Crippen molar-refractivity contribution in [1.29, 1.82) is 0 Å². The molecule has 1 amide bonds. The third-order valence-electron chi connectivity index (χ3n) is 6.80. The molecular weight excluding hydrogens is 454 g/mol. The van der Waals surface area contributed by atoms with Crippen molar-refractivity contribution in [3.05, 3.63) is 46.3 Å². The molecule has 2 N–H and O–H groups in total. The first-order valence-corrected chi connectivity index (χ1v) is 13.5. The van der Waals surface area contributed by atoms with E-state index in [4.69, 9.17) is 4.74 Å². The van der Waals surface area contributed by atoms with Gasteiger partial charge in [0.2, 0.25) is 15.9 Å². The topological polar surface area (TPSA) is 109 Å². The zero-order valence-electron chi connectivity index (χ0n) is 20.1. The second-order valence-corrected chi connectivity index (χ2v) is 11.0. The molecule has 0 bridgehead atoms. The third-order valence-corrected chi connectivity index (χ3v) is 8.84. The number of amides is 1. The van der Waals surface area contributed by atoms with Gasteiger partial charge in [-0.1, -0.05) is 12.1 Å². The lowest BCUT2D eigenvalue weighted by Gasteiger charge is -2.31. The summed E-state index contributed by atoms with van der Waals surface area (Å²) in [7, 11) is -4.00. The maximum atomic E-state index is 13.6. The van der Waals surface area contributed by atoms with Crippen LogP contribution in [0.3, 0.4) is 0 Å². The largest absolute Gasteiger partial charge is 0.462 e. The van der Waals surface area contributed by atoms with E-state index in [2.05, 4.69) is 16.4 Å². The van der Waals surface area contributed by atoms with Gasteiger partial charge in [-0.25, -0.2) is 13.2 Å². The number of esters is 1. The summed E-state index contributed by atoms with van der Waals surface area (Å²) >= 11 is 0. The van der Waals surface area contributed by atoms with E-state index >= 15 is 0 Å². The molecule has 2 aromatic rings. The van der Waals surface area contributed by atoms with E-state index < -0.39 is 21.9 Å². The zero-order valence-corrected chi connectivity index (χ0v) is 20.9. The molecule has 4 rings (SSSR count). The Morgan fingerprint density at radius 1 is 1.15 bits per heavy atom. The van der Waals surface area contributed by atoms with E-state index in [1.165, 1.54) is 15.4 Å². The van der Waals surface area contributed by atoms with Crippen molar-refractivity contribution in [2.45, 2.75) is 64.2 Å². The average Bonchev–Trinajstić information content (AvgIpc) is 3.14. The fourth-order valence-electron chi connectivity index (χ4n) is 5.17. The molecular formula is C25H33N3O5S. The predicted molar refractivity (Wildman–Crippen MR) is 129 cm³/mol. The summed E-state index contributed by atoms with van der Waals surface area (Å²) in [5.74, 6) is -1.29. The fourth-order valence-corrected chi connectivity index (χ4v) is 7.10. The highest BCUT2D eigenvalue weighted by Crippen LogP contribution is 2.32. The van der Waals surface area contributed by atoms with Gasteiger partial charge in [0, 0.05) is 30.2 Å². The number of aryl methyl sites for hydroxylation is 3. The molecule has 0 saturated carbocycles. The van der Waals surface area contributed by atoms with Gasteiger partial charge in [-0.3, -0.25) is 4.79 Å². The summed E-state index contributed by atoms with van der Waals surface area (Å²) < 4.78 is 33.7. The first kappa shape index (κ1) is 24.5. The quantitative estimate of drug-likeness (QED) is 0.604. The Kier molecular flexibility index (Phi) is 7.14. The van der Waals surface area contributed by atoms with Crippen molar-refractivity contribution in [3.63, 3.8) is 0 Å². The Balaban J connectivity index is 1.55. The maximum Gasteiger partial charge on any atom is 0.341 e. The van der Waals surface area contributed by atoms with Gasteiger partial charge < -0.3 is 15.0 Å². The highest BCUT2D eigenvalue weighted by molar-refractivity contribution is 7.89. The average molecular weight is 488 g/mol. The van der Waals surface area contributed by atoms with Gasteiger partial charge in [0.05, 0.1) is 12.5 Å². The smallest absolute Gasteiger partial charge is 0.341 e. The van der Waals surface area contributed by atoms with Gasteiger partial charge >= 0.3 is 5.97 Å². The Bertz CT molecular complexity index is 1200. The van der Waals surface area contributed by atoms with Crippen molar-refractivity contribution >= 4 is 27.6 Å². The summed E-state index contributed by atoms with van der Waals surface area (Å²) in [6, 6.07) is 6.00. The summed E-state index contributed by atoms with van der Waals surface area (Å²) in [5.41, 5.74) is 4.20. The van der Waals surface area contributed by atoms with Crippen molar-refractivity contribution < 1.29 is 22.7 Å². The number of anilines is 1. The van der Waals surface area contributed by atoms with E-state index in [1.807, 2.05) is 12.1 Å². The number of piperidine rings is 1. The monoisotopic (exact) mass is 487 g/mol. The molecule has 1 aromatic heterocycles. The van der Waals surface area contributed by atoms with Gasteiger partial charge in [0.25, 0.3) is 0 Å². The number of carbonyl (C=O) groups is 2. The molecule has 1 fully saturated rings. The molecule has 0 radical (unpaired) electrons. The number of hydrogen-bond acceptors (Lipinski definition) is 5. The standard InChI is InChI=1S/C25H33N3O5S/c1-4-33-25(30)22-16(2)26-17(3)23(22)34(31,32)28-14-8-11-19(15-28)24(29)27-21-13-7-10-18-9-5-6-12-20(18)21/h7,10,13,19,26H,4-6,8-9,11-12,14-15H2,1-3H3,(H,27,29)/t19-/m0/s1. The molecule has 1 atom stereocenters. The number of sulfonamides is 1. The van der Waals surface area contributed by atoms with Crippen LogP contribution in [-0.4, -0.2) is 49.3 Å². The van der Waals surface area contributed by atoms with Crippen LogP contribution in [0.1, 0.15) is 65.5 Å². The third kappa shape index (κ3) is 4.63. The Morgan fingerprint density at radius 2 is 1.91 bits per heavy atom. The lowest BCUT2D eigenvalue weighted by Crippen LogP contribution is -2.44. The highest BCUT2D eigenvalue weighted by Gasteiger charge is 2.38. The lowest BCUT2D eigenvalue weighted by molar-refractivity contribution is -0.120. The maximum absolute atomic E-state index is 13.6. The Labute approximate surface area is 201 Å². The number of aromatic nitrogens is 1. The number of benzene rings is 1. The number of nitrogens with zero attached hydrogens (tertiary/aromatic N) is 1. The highest BCUT2D eigenvalue weighted by atomic mass is 32.2. The summed E-state index contributed by atoms with van der Waals surface area (Å²) in [6.45, 7) is 5.50. The van der Waals surface area contributed by atoms with Crippen molar-refractivity contribution in [1.82, 2.24) is 9.29 Å². The number of fused-ring (bicyclic) bond motifs is 1. The number of H-pyrrole nitrogens is 1. The molecule has 184 valence electrons. The number of hydrogen-bond donors (Lipinski definition) is 2. The van der Waals surface area contributed by atoms with Gasteiger partial charge in [-0.2, -0.15) is 4.31 Å². The van der Waals surface area contributed by atoms with Crippen molar-refractivity contribution in [2.75, 3.05) is 25.0 Å².